The van der Waals surface area contributed by atoms with Crippen LogP contribution in [0.15, 0.2) is 59.1 Å². The Labute approximate surface area is 150 Å². The van der Waals surface area contributed by atoms with Crippen molar-refractivity contribution in [2.24, 2.45) is 0 Å². The molecule has 5 nitrogen and oxygen atoms in total. The van der Waals surface area contributed by atoms with Crippen molar-refractivity contribution in [1.29, 1.82) is 0 Å². The van der Waals surface area contributed by atoms with Crippen molar-refractivity contribution in [3.63, 3.8) is 0 Å². The summed E-state index contributed by atoms with van der Waals surface area (Å²) >= 11 is 3.32. The first-order valence-corrected chi connectivity index (χ1v) is 9.70. The molecule has 0 bridgehead atoms. The van der Waals surface area contributed by atoms with Crippen LogP contribution in [0.4, 0.5) is 0 Å². The third-order valence-corrected chi connectivity index (χ3v) is 5.55. The van der Waals surface area contributed by atoms with E-state index in [0.717, 1.165) is 28.2 Å². The van der Waals surface area contributed by atoms with Crippen LogP contribution in [0.3, 0.4) is 0 Å². The molecule has 0 radical (unpaired) electrons. The molecule has 0 aliphatic rings. The highest BCUT2D eigenvalue weighted by atomic mass is 32.2. The van der Waals surface area contributed by atoms with Crippen LogP contribution in [-0.2, 0) is 5.75 Å². The third-order valence-electron chi connectivity index (χ3n) is 3.47. The first-order valence-electron chi connectivity index (χ1n) is 7.84. The van der Waals surface area contributed by atoms with Crippen LogP contribution < -0.4 is 0 Å². The molecule has 1 unspecified atom stereocenters. The van der Waals surface area contributed by atoms with Gasteiger partial charge in [-0.05, 0) is 24.6 Å². The van der Waals surface area contributed by atoms with Crippen LogP contribution in [0.25, 0.3) is 5.69 Å². The Balaban J connectivity index is 1.88. The number of hydrogen-bond donors (Lipinski definition) is 0. The van der Waals surface area contributed by atoms with Gasteiger partial charge >= 0.3 is 0 Å². The van der Waals surface area contributed by atoms with E-state index in [-0.39, 0.29) is 0 Å². The van der Waals surface area contributed by atoms with Crippen LogP contribution >= 0.6 is 23.5 Å². The van der Waals surface area contributed by atoms with Gasteiger partial charge in [0.1, 0.15) is 5.82 Å². The topological polar surface area (TPSA) is 56.5 Å². The van der Waals surface area contributed by atoms with Crippen molar-refractivity contribution in [2.45, 2.75) is 41.6 Å². The van der Waals surface area contributed by atoms with Gasteiger partial charge in [-0.3, -0.25) is 4.57 Å². The molecular weight excluding hydrogens is 338 g/mol. The van der Waals surface area contributed by atoms with Crippen LogP contribution in [0.5, 0.6) is 0 Å². The Morgan fingerprint density at radius 3 is 2.50 bits per heavy atom. The van der Waals surface area contributed by atoms with Crippen LogP contribution in [-0.4, -0.2) is 30.0 Å². The van der Waals surface area contributed by atoms with E-state index in [9.17, 15) is 0 Å². The molecule has 0 saturated heterocycles. The molecular formula is C17H19N5S2. The predicted molar refractivity (Wildman–Crippen MR) is 98.6 cm³/mol. The van der Waals surface area contributed by atoms with Crippen molar-refractivity contribution in [1.82, 2.24) is 24.7 Å². The van der Waals surface area contributed by atoms with Crippen LogP contribution in [0.1, 0.15) is 26.1 Å². The highest BCUT2D eigenvalue weighted by Crippen LogP contribution is 2.29. The minimum atomic E-state index is 0.495. The fourth-order valence-corrected chi connectivity index (χ4v) is 3.71. The van der Waals surface area contributed by atoms with Gasteiger partial charge in [-0.1, -0.05) is 55.6 Å². The summed E-state index contributed by atoms with van der Waals surface area (Å²) in [5.41, 5.74) is 1.08. The quantitative estimate of drug-likeness (QED) is 0.466. The van der Waals surface area contributed by atoms with Crippen LogP contribution in [0, 0.1) is 0 Å². The minimum absolute atomic E-state index is 0.495. The number of nitrogens with zero attached hydrogens (tertiary/aromatic N) is 5. The second kappa shape index (κ2) is 8.30. The number of aromatic nitrogens is 5. The Morgan fingerprint density at radius 2 is 1.79 bits per heavy atom. The normalized spacial score (nSPS) is 12.2. The Hall–Kier alpha value is -1.86. The van der Waals surface area contributed by atoms with Crippen molar-refractivity contribution < 1.29 is 0 Å². The molecule has 1 aromatic carbocycles. The molecule has 0 aliphatic carbocycles. The summed E-state index contributed by atoms with van der Waals surface area (Å²) in [5.74, 6) is 1.58. The van der Waals surface area contributed by atoms with E-state index in [1.165, 1.54) is 0 Å². The maximum Gasteiger partial charge on any atom is 0.196 e. The molecule has 2 heterocycles. The second-order valence-corrected chi connectivity index (χ2v) is 7.57. The van der Waals surface area contributed by atoms with Gasteiger partial charge in [-0.15, -0.1) is 10.2 Å². The van der Waals surface area contributed by atoms with Crippen molar-refractivity contribution in [3.05, 3.63) is 54.6 Å². The first kappa shape index (κ1) is 17.0. The molecule has 0 spiro atoms. The lowest BCUT2D eigenvalue weighted by Crippen LogP contribution is -2.04. The lowest BCUT2D eigenvalue weighted by atomic mass is 10.3. The van der Waals surface area contributed by atoms with Crippen LogP contribution in [0.2, 0.25) is 0 Å². The monoisotopic (exact) mass is 357 g/mol. The van der Waals surface area contributed by atoms with Crippen molar-refractivity contribution >= 4 is 23.5 Å². The highest BCUT2D eigenvalue weighted by Gasteiger charge is 2.16. The molecule has 3 aromatic rings. The highest BCUT2D eigenvalue weighted by molar-refractivity contribution is 7.99. The zero-order valence-corrected chi connectivity index (χ0v) is 15.3. The fourth-order valence-electron chi connectivity index (χ4n) is 2.06. The number of rotatable bonds is 7. The van der Waals surface area contributed by atoms with Gasteiger partial charge in [-0.25, -0.2) is 9.97 Å². The first-order chi connectivity index (χ1) is 11.8. The number of thioether (sulfide) groups is 2. The Morgan fingerprint density at radius 1 is 1.04 bits per heavy atom. The zero-order valence-electron chi connectivity index (χ0n) is 13.7. The molecule has 1 atom stereocenters. The summed E-state index contributed by atoms with van der Waals surface area (Å²) in [7, 11) is 0. The van der Waals surface area contributed by atoms with Gasteiger partial charge < -0.3 is 0 Å². The van der Waals surface area contributed by atoms with E-state index in [0.29, 0.717) is 11.0 Å². The van der Waals surface area contributed by atoms with Crippen molar-refractivity contribution in [3.8, 4) is 5.69 Å². The minimum Gasteiger partial charge on any atom is -0.273 e. The standard InChI is InChI=1S/C17H19N5S2/c1-3-13(2)24-17-21-20-15(12-23-16-18-10-7-11-19-16)22(17)14-8-5-4-6-9-14/h4-11,13H,3,12H2,1-2H3. The van der Waals surface area contributed by atoms with Gasteiger partial charge in [0, 0.05) is 23.3 Å². The maximum absolute atomic E-state index is 4.41. The van der Waals surface area contributed by atoms with Crippen molar-refractivity contribution in [2.75, 3.05) is 0 Å². The summed E-state index contributed by atoms with van der Waals surface area (Å²) in [6.45, 7) is 4.39. The summed E-state index contributed by atoms with van der Waals surface area (Å²) in [6.07, 6.45) is 4.59. The van der Waals surface area contributed by atoms with Gasteiger partial charge in [0.15, 0.2) is 10.3 Å². The second-order valence-electron chi connectivity index (χ2n) is 5.23. The molecule has 124 valence electrons. The molecule has 24 heavy (non-hydrogen) atoms. The Bertz CT molecular complexity index is 761. The van der Waals surface area contributed by atoms with E-state index in [1.54, 1.807) is 35.9 Å². The van der Waals surface area contributed by atoms with E-state index in [2.05, 4.69) is 50.7 Å². The SMILES string of the molecule is CCC(C)Sc1nnc(CSc2ncccn2)n1-c1ccccc1. The summed E-state index contributed by atoms with van der Waals surface area (Å²) in [5, 5.41) is 11.0. The summed E-state index contributed by atoms with van der Waals surface area (Å²) < 4.78 is 2.13. The molecule has 0 amide bonds. The molecule has 0 saturated carbocycles. The fraction of sp³-hybridized carbons (Fsp3) is 0.294. The lowest BCUT2D eigenvalue weighted by Gasteiger charge is -2.12. The average Bonchev–Trinajstić information content (AvgIpc) is 3.04. The smallest absolute Gasteiger partial charge is 0.196 e. The molecule has 3 rings (SSSR count). The molecule has 0 N–H and O–H groups in total. The predicted octanol–water partition coefficient (Wildman–Crippen LogP) is 4.24. The average molecular weight is 358 g/mol. The molecule has 0 aliphatic heterocycles. The largest absolute Gasteiger partial charge is 0.273 e. The number of hydrogen-bond acceptors (Lipinski definition) is 6. The molecule has 7 heteroatoms. The van der Waals surface area contributed by atoms with Gasteiger partial charge in [0.25, 0.3) is 0 Å². The molecule has 2 aromatic heterocycles. The zero-order chi connectivity index (χ0) is 16.8. The number of para-hydroxylation sites is 1. The number of benzene rings is 1. The van der Waals surface area contributed by atoms with Gasteiger partial charge in [0.2, 0.25) is 0 Å². The Kier molecular flexibility index (Phi) is 5.87. The summed E-state index contributed by atoms with van der Waals surface area (Å²) in [6, 6.07) is 12.1. The van der Waals surface area contributed by atoms with E-state index in [4.69, 9.17) is 0 Å². The van der Waals surface area contributed by atoms with E-state index in [1.807, 2.05) is 24.3 Å². The third kappa shape index (κ3) is 4.15. The van der Waals surface area contributed by atoms with E-state index >= 15 is 0 Å². The molecule has 0 fully saturated rings. The summed E-state index contributed by atoms with van der Waals surface area (Å²) in [4.78, 5) is 8.51. The van der Waals surface area contributed by atoms with E-state index < -0.39 is 0 Å². The lowest BCUT2D eigenvalue weighted by molar-refractivity contribution is 0.841. The van der Waals surface area contributed by atoms with Gasteiger partial charge in [0.05, 0.1) is 5.75 Å². The van der Waals surface area contributed by atoms with Gasteiger partial charge in [-0.2, -0.15) is 0 Å². The maximum atomic E-state index is 4.41.